The number of aliphatic carboxylic acids is 1. The first-order chi connectivity index (χ1) is 23.4. The minimum absolute atomic E-state index is 0.0476. The summed E-state index contributed by atoms with van der Waals surface area (Å²) in [4.78, 5) is 56.4. The predicted molar refractivity (Wildman–Crippen MR) is 178 cm³/mol. The van der Waals surface area contributed by atoms with E-state index in [9.17, 15) is 24.3 Å². The van der Waals surface area contributed by atoms with Crippen LogP contribution < -0.4 is 15.4 Å². The first-order valence-corrected chi connectivity index (χ1v) is 16.8. The number of nitrogens with one attached hydrogen (secondary N) is 2. The number of fused-ring (bicyclic) bond motifs is 3. The quantitative estimate of drug-likeness (QED) is 0.335. The van der Waals surface area contributed by atoms with Gasteiger partial charge in [0.15, 0.2) is 0 Å². The van der Waals surface area contributed by atoms with Crippen LogP contribution in [0.15, 0.2) is 48.6 Å². The van der Waals surface area contributed by atoms with Crippen LogP contribution in [0.5, 0.6) is 5.75 Å². The molecule has 2 aliphatic heterocycles. The fourth-order valence-electron chi connectivity index (χ4n) is 6.83. The topological polar surface area (TPSA) is 178 Å². The number of allylic oxidation sites excluding steroid dienone is 1. The van der Waals surface area contributed by atoms with Gasteiger partial charge in [-0.2, -0.15) is 4.80 Å². The number of hydrogen-bond acceptors (Lipinski definition) is 9. The van der Waals surface area contributed by atoms with Gasteiger partial charge in [-0.1, -0.05) is 49.3 Å². The molecule has 3 heterocycles. The van der Waals surface area contributed by atoms with Crippen molar-refractivity contribution < 1.29 is 33.8 Å². The van der Waals surface area contributed by atoms with Crippen molar-refractivity contribution in [3.63, 3.8) is 0 Å². The highest BCUT2D eigenvalue weighted by Gasteiger charge is 2.61. The summed E-state index contributed by atoms with van der Waals surface area (Å²) < 4.78 is 11.0. The first kappa shape index (κ1) is 33.9. The van der Waals surface area contributed by atoms with Crippen LogP contribution >= 0.6 is 0 Å². The zero-order valence-electron chi connectivity index (χ0n) is 28.2. The maximum atomic E-state index is 14.3. The number of amides is 3. The van der Waals surface area contributed by atoms with Gasteiger partial charge in [0.2, 0.25) is 17.6 Å². The largest absolute Gasteiger partial charge is 0.496 e. The Balaban J connectivity index is 1.32. The molecule has 3 N–H and O–H groups in total. The Hall–Kier alpha value is -5.01. The zero-order valence-corrected chi connectivity index (χ0v) is 28.2. The molecule has 0 bridgehead atoms. The van der Waals surface area contributed by atoms with Crippen molar-refractivity contribution >= 4 is 34.6 Å². The minimum Gasteiger partial charge on any atom is -0.496 e. The lowest BCUT2D eigenvalue weighted by Gasteiger charge is -2.30. The third-order valence-electron chi connectivity index (χ3n) is 9.43. The van der Waals surface area contributed by atoms with Gasteiger partial charge < -0.3 is 30.1 Å². The Kier molecular flexibility index (Phi) is 9.32. The molecule has 260 valence electrons. The fraction of sp³-hybridized carbons (Fsp3) is 0.514. The zero-order chi connectivity index (χ0) is 34.9. The third-order valence-corrected chi connectivity index (χ3v) is 9.43. The van der Waals surface area contributed by atoms with E-state index in [1.165, 1.54) is 9.70 Å². The maximum absolute atomic E-state index is 14.3. The number of hydrogen-bond donors (Lipinski definition) is 3. The minimum atomic E-state index is -1.44. The van der Waals surface area contributed by atoms with E-state index < -0.39 is 53.1 Å². The van der Waals surface area contributed by atoms with Gasteiger partial charge in [-0.05, 0) is 69.2 Å². The summed E-state index contributed by atoms with van der Waals surface area (Å²) >= 11 is 0. The number of nitrogens with zero attached hydrogens (tertiary/aromatic N) is 5. The van der Waals surface area contributed by atoms with E-state index in [-0.39, 0.29) is 25.3 Å². The number of carboxylic acids is 1. The lowest BCUT2D eigenvalue weighted by molar-refractivity contribution is -0.145. The van der Waals surface area contributed by atoms with E-state index >= 15 is 0 Å². The molecule has 3 amide bonds. The Morgan fingerprint density at radius 2 is 1.86 bits per heavy atom. The molecule has 0 spiro atoms. The highest BCUT2D eigenvalue weighted by Crippen LogP contribution is 2.45. The number of aromatic nitrogens is 4. The summed E-state index contributed by atoms with van der Waals surface area (Å²) in [6.45, 7) is 5.26. The first-order valence-electron chi connectivity index (χ1n) is 16.8. The Morgan fingerprint density at radius 3 is 2.59 bits per heavy atom. The summed E-state index contributed by atoms with van der Waals surface area (Å²) in [6.07, 6.45) is 6.85. The van der Waals surface area contributed by atoms with Gasteiger partial charge in [0.25, 0.3) is 0 Å². The van der Waals surface area contributed by atoms with E-state index in [1.807, 2.05) is 48.6 Å². The molecule has 1 aliphatic carbocycles. The van der Waals surface area contributed by atoms with E-state index in [0.29, 0.717) is 24.4 Å². The number of alkyl carbamates (subject to hydrolysis) is 1. The van der Waals surface area contributed by atoms with Crippen LogP contribution in [0.2, 0.25) is 0 Å². The van der Waals surface area contributed by atoms with Gasteiger partial charge in [0.1, 0.15) is 29.0 Å². The standard InChI is InChI=1S/C35H43N7O7/c1-34(2,3)49-33(47)36-26-15-9-7-5-6-8-12-21-19-35(21,32(45)46)37-30(43)27-18-22(20-41(27)31(26)44)42-39-29(38-40-42)25-16-17-28(48-4)24-14-11-10-13-23(24)25/h8,10-14,16-17,21-22,26-27H,5-7,9,15,18-20H2,1-4H3,(H,36,47)(H,37,43)(H,45,46)/b12-8-/t21-,22?,26+,27-,35-/m0/s1. The van der Waals surface area contributed by atoms with Crippen LogP contribution in [0.4, 0.5) is 4.79 Å². The van der Waals surface area contributed by atoms with Crippen molar-refractivity contribution in [3.8, 4) is 17.1 Å². The SMILES string of the molecule is COc1ccc(-c2nnn(C3C[C@H]4C(=O)N[C@@]5(C(=O)O)C[C@@H]5/C=C\CCCCC[C@@H](NC(=O)OC(C)(C)C)C(=O)N4C3)n2)c2ccccc12. The van der Waals surface area contributed by atoms with Crippen LogP contribution in [0.25, 0.3) is 22.2 Å². The Bertz CT molecular complexity index is 1780. The van der Waals surface area contributed by atoms with Crippen molar-refractivity contribution in [2.75, 3.05) is 13.7 Å². The van der Waals surface area contributed by atoms with Crippen LogP contribution in [0.3, 0.4) is 0 Å². The summed E-state index contributed by atoms with van der Waals surface area (Å²) in [6, 6.07) is 8.86. The van der Waals surface area contributed by atoms with Crippen LogP contribution in [-0.2, 0) is 19.1 Å². The molecule has 1 unspecified atom stereocenters. The smallest absolute Gasteiger partial charge is 0.408 e. The van der Waals surface area contributed by atoms with Gasteiger partial charge in [-0.25, -0.2) is 9.59 Å². The highest BCUT2D eigenvalue weighted by atomic mass is 16.6. The molecule has 1 aromatic heterocycles. The molecule has 1 saturated carbocycles. The summed E-state index contributed by atoms with van der Waals surface area (Å²) in [5.41, 5.74) is -1.48. The van der Waals surface area contributed by atoms with Crippen molar-refractivity contribution in [3.05, 3.63) is 48.6 Å². The summed E-state index contributed by atoms with van der Waals surface area (Å²) in [5, 5.41) is 30.8. The Morgan fingerprint density at radius 1 is 1.08 bits per heavy atom. The lowest BCUT2D eigenvalue weighted by Crippen LogP contribution is -2.56. The molecule has 14 nitrogen and oxygen atoms in total. The number of benzene rings is 2. The average Bonchev–Trinajstić information content (AvgIpc) is 3.36. The molecular weight excluding hydrogens is 630 g/mol. The summed E-state index contributed by atoms with van der Waals surface area (Å²) in [5.74, 6) is -1.44. The molecule has 5 atom stereocenters. The number of rotatable bonds is 5. The second-order valence-corrected chi connectivity index (χ2v) is 14.0. The van der Waals surface area contributed by atoms with Crippen molar-refractivity contribution in [2.24, 2.45) is 5.92 Å². The second kappa shape index (κ2) is 13.5. The highest BCUT2D eigenvalue weighted by molar-refractivity contribution is 5.99. The van der Waals surface area contributed by atoms with Crippen LogP contribution in [0.1, 0.15) is 71.8 Å². The van der Waals surface area contributed by atoms with Crippen LogP contribution in [-0.4, -0.2) is 91.0 Å². The molecular formula is C35H43N7O7. The third kappa shape index (κ3) is 7.08. The van der Waals surface area contributed by atoms with Crippen LogP contribution in [0, 0.1) is 5.92 Å². The number of tetrazole rings is 1. The Labute approximate surface area is 284 Å². The van der Waals surface area contributed by atoms with Crippen molar-refractivity contribution in [1.82, 2.24) is 35.7 Å². The molecule has 2 fully saturated rings. The molecule has 0 radical (unpaired) electrons. The van der Waals surface area contributed by atoms with Gasteiger partial charge in [-0.15, -0.1) is 10.2 Å². The lowest BCUT2D eigenvalue weighted by atomic mass is 10.0. The van der Waals surface area contributed by atoms with E-state index in [2.05, 4.69) is 26.0 Å². The molecule has 2 aromatic carbocycles. The molecule has 3 aliphatic rings. The number of carboxylic acid groups (broad SMARTS) is 1. The number of ether oxygens (including phenoxy) is 2. The number of carbonyl (C=O) groups is 4. The van der Waals surface area contributed by atoms with Gasteiger partial charge in [0, 0.05) is 29.8 Å². The fourth-order valence-corrected chi connectivity index (χ4v) is 6.83. The second-order valence-electron chi connectivity index (χ2n) is 14.0. The molecule has 14 heteroatoms. The summed E-state index contributed by atoms with van der Waals surface area (Å²) in [7, 11) is 1.61. The molecule has 1 saturated heterocycles. The van der Waals surface area contributed by atoms with E-state index in [4.69, 9.17) is 9.47 Å². The number of methoxy groups -OCH3 is 1. The van der Waals surface area contributed by atoms with E-state index in [0.717, 1.165) is 35.6 Å². The predicted octanol–water partition coefficient (Wildman–Crippen LogP) is 4.02. The van der Waals surface area contributed by atoms with Crippen molar-refractivity contribution in [2.45, 2.75) is 95.0 Å². The molecule has 6 rings (SSSR count). The van der Waals surface area contributed by atoms with Gasteiger partial charge in [-0.3, -0.25) is 9.59 Å². The molecule has 3 aromatic rings. The molecule has 49 heavy (non-hydrogen) atoms. The van der Waals surface area contributed by atoms with Gasteiger partial charge >= 0.3 is 12.1 Å². The monoisotopic (exact) mass is 673 g/mol. The van der Waals surface area contributed by atoms with E-state index in [1.54, 1.807) is 27.9 Å². The maximum Gasteiger partial charge on any atom is 0.408 e. The van der Waals surface area contributed by atoms with Gasteiger partial charge in [0.05, 0.1) is 13.2 Å². The van der Waals surface area contributed by atoms with Crippen molar-refractivity contribution in [1.29, 1.82) is 0 Å². The number of carbonyl (C=O) groups excluding carboxylic acids is 3. The normalized spacial score (nSPS) is 26.8. The average molecular weight is 674 g/mol.